The van der Waals surface area contributed by atoms with Crippen LogP contribution in [0.1, 0.15) is 13.3 Å². The largest absolute Gasteiger partial charge is 0.468 e. The summed E-state index contributed by atoms with van der Waals surface area (Å²) in [6, 6.07) is 0.0995. The molecule has 1 saturated heterocycles. The number of ether oxygens (including phenoxy) is 1. The highest BCUT2D eigenvalue weighted by Gasteiger charge is 2.28. The molecule has 0 unspecified atom stereocenters. The number of alkyl halides is 2. The number of piperazine rings is 1. The fraction of sp³-hybridized carbons (Fsp3) is 0.909. The molecule has 0 aromatic heterocycles. The molecule has 100 valence electrons. The minimum Gasteiger partial charge on any atom is -0.468 e. The predicted octanol–water partition coefficient (Wildman–Crippen LogP) is 0.821. The van der Waals surface area contributed by atoms with Gasteiger partial charge in [0.05, 0.1) is 20.2 Å². The number of methoxy groups -OCH3 is 1. The normalized spacial score (nSPS) is 23.0. The Labute approximate surface area is 101 Å². The predicted molar refractivity (Wildman–Crippen MR) is 60.1 cm³/mol. The first-order chi connectivity index (χ1) is 8.06. The molecule has 1 aliphatic heterocycles. The molecule has 0 aromatic carbocycles. The molecule has 1 aliphatic rings. The molecular formula is C11H20F2N2O2. The van der Waals surface area contributed by atoms with E-state index in [0.717, 1.165) is 6.42 Å². The van der Waals surface area contributed by atoms with Gasteiger partial charge in [-0.25, -0.2) is 8.78 Å². The number of carbonyl (C=O) groups is 1. The Hall–Kier alpha value is -0.750. The van der Waals surface area contributed by atoms with Crippen molar-refractivity contribution in [2.24, 2.45) is 0 Å². The van der Waals surface area contributed by atoms with Crippen LogP contribution in [0.2, 0.25) is 0 Å². The zero-order chi connectivity index (χ0) is 12.8. The average molecular weight is 250 g/mol. The summed E-state index contributed by atoms with van der Waals surface area (Å²) in [4.78, 5) is 14.9. The molecule has 0 N–H and O–H groups in total. The molecule has 0 aromatic rings. The quantitative estimate of drug-likeness (QED) is 0.676. The summed E-state index contributed by atoms with van der Waals surface area (Å²) < 4.78 is 29.3. The number of nitrogens with zero attached hydrogens (tertiary/aromatic N) is 2. The molecule has 17 heavy (non-hydrogen) atoms. The number of carbonyl (C=O) groups excluding carboxylic acids is 1. The third-order valence-corrected chi connectivity index (χ3v) is 3.11. The van der Waals surface area contributed by atoms with Gasteiger partial charge in [0, 0.05) is 25.7 Å². The Balaban J connectivity index is 2.45. The Morgan fingerprint density at radius 3 is 2.71 bits per heavy atom. The van der Waals surface area contributed by atoms with Crippen molar-refractivity contribution in [2.75, 3.05) is 39.8 Å². The van der Waals surface area contributed by atoms with Gasteiger partial charge in [-0.15, -0.1) is 0 Å². The lowest BCUT2D eigenvalue weighted by molar-refractivity contribution is -0.142. The molecule has 0 saturated carbocycles. The Morgan fingerprint density at radius 1 is 1.47 bits per heavy atom. The van der Waals surface area contributed by atoms with Crippen molar-refractivity contribution < 1.29 is 18.3 Å². The van der Waals surface area contributed by atoms with Crippen LogP contribution in [0.3, 0.4) is 0 Å². The van der Waals surface area contributed by atoms with Crippen molar-refractivity contribution >= 4 is 5.97 Å². The zero-order valence-electron chi connectivity index (χ0n) is 10.4. The lowest BCUT2D eigenvalue weighted by Gasteiger charge is -2.40. The molecule has 0 amide bonds. The maximum Gasteiger partial charge on any atom is 0.319 e. The molecule has 0 aliphatic carbocycles. The second kappa shape index (κ2) is 6.86. The highest BCUT2D eigenvalue weighted by molar-refractivity contribution is 5.71. The standard InChI is InChI=1S/C11H20F2N2O2/c1-3-9-6-14(8-11(16)17-2)4-5-15(9)7-10(12)13/h9-10H,3-8H2,1-2H3/t9-/m1/s1. The first kappa shape index (κ1) is 14.3. The van der Waals surface area contributed by atoms with Gasteiger partial charge in [-0.3, -0.25) is 14.6 Å². The van der Waals surface area contributed by atoms with Crippen LogP contribution in [0.4, 0.5) is 8.78 Å². The van der Waals surface area contributed by atoms with E-state index in [1.807, 2.05) is 11.8 Å². The van der Waals surface area contributed by atoms with Crippen LogP contribution in [-0.2, 0) is 9.53 Å². The van der Waals surface area contributed by atoms with E-state index in [9.17, 15) is 13.6 Å². The van der Waals surface area contributed by atoms with E-state index in [-0.39, 0.29) is 25.1 Å². The summed E-state index contributed by atoms with van der Waals surface area (Å²) in [7, 11) is 1.35. The number of hydrogen-bond acceptors (Lipinski definition) is 4. The fourth-order valence-corrected chi connectivity index (χ4v) is 2.15. The van der Waals surface area contributed by atoms with Gasteiger partial charge < -0.3 is 4.74 Å². The van der Waals surface area contributed by atoms with Gasteiger partial charge in [0.1, 0.15) is 0 Å². The molecule has 1 heterocycles. The van der Waals surface area contributed by atoms with Gasteiger partial charge in [0.2, 0.25) is 0 Å². The highest BCUT2D eigenvalue weighted by Crippen LogP contribution is 2.14. The SMILES string of the molecule is CC[C@@H]1CN(CC(=O)OC)CCN1CC(F)F. The highest BCUT2D eigenvalue weighted by atomic mass is 19.3. The number of halogens is 2. The second-order valence-electron chi connectivity index (χ2n) is 4.26. The second-order valence-corrected chi connectivity index (χ2v) is 4.26. The monoisotopic (exact) mass is 250 g/mol. The Bertz CT molecular complexity index is 252. The van der Waals surface area contributed by atoms with Crippen LogP contribution in [0.15, 0.2) is 0 Å². The summed E-state index contributed by atoms with van der Waals surface area (Å²) in [6.07, 6.45) is -1.49. The van der Waals surface area contributed by atoms with Crippen LogP contribution in [0.25, 0.3) is 0 Å². The maximum absolute atomic E-state index is 12.4. The Morgan fingerprint density at radius 2 is 2.18 bits per heavy atom. The van der Waals surface area contributed by atoms with Gasteiger partial charge in [0.15, 0.2) is 0 Å². The van der Waals surface area contributed by atoms with E-state index >= 15 is 0 Å². The van der Waals surface area contributed by atoms with E-state index < -0.39 is 6.43 Å². The number of esters is 1. The van der Waals surface area contributed by atoms with Crippen LogP contribution < -0.4 is 0 Å². The van der Waals surface area contributed by atoms with Crippen molar-refractivity contribution in [3.05, 3.63) is 0 Å². The smallest absolute Gasteiger partial charge is 0.319 e. The van der Waals surface area contributed by atoms with E-state index in [1.54, 1.807) is 4.90 Å². The van der Waals surface area contributed by atoms with E-state index in [1.165, 1.54) is 7.11 Å². The molecule has 0 bridgehead atoms. The lowest BCUT2D eigenvalue weighted by Crippen LogP contribution is -2.54. The van der Waals surface area contributed by atoms with Crippen molar-refractivity contribution in [1.82, 2.24) is 9.80 Å². The van der Waals surface area contributed by atoms with Crippen molar-refractivity contribution in [2.45, 2.75) is 25.8 Å². The molecule has 6 heteroatoms. The first-order valence-corrected chi connectivity index (χ1v) is 5.88. The van der Waals surface area contributed by atoms with Crippen LogP contribution >= 0.6 is 0 Å². The molecular weight excluding hydrogens is 230 g/mol. The van der Waals surface area contributed by atoms with E-state index in [2.05, 4.69) is 4.74 Å². The minimum absolute atomic E-state index is 0.0995. The van der Waals surface area contributed by atoms with Gasteiger partial charge in [0.25, 0.3) is 6.43 Å². The lowest BCUT2D eigenvalue weighted by atomic mass is 10.1. The van der Waals surface area contributed by atoms with Crippen molar-refractivity contribution in [1.29, 1.82) is 0 Å². The van der Waals surface area contributed by atoms with Gasteiger partial charge >= 0.3 is 5.97 Å². The number of hydrogen-bond donors (Lipinski definition) is 0. The van der Waals surface area contributed by atoms with Crippen LogP contribution in [-0.4, -0.2) is 68.1 Å². The molecule has 0 radical (unpaired) electrons. The average Bonchev–Trinajstić information content (AvgIpc) is 2.30. The fourth-order valence-electron chi connectivity index (χ4n) is 2.15. The van der Waals surface area contributed by atoms with Crippen molar-refractivity contribution in [3.8, 4) is 0 Å². The molecule has 0 spiro atoms. The third-order valence-electron chi connectivity index (χ3n) is 3.11. The minimum atomic E-state index is -2.30. The van der Waals surface area contributed by atoms with Gasteiger partial charge in [-0.1, -0.05) is 6.92 Å². The zero-order valence-corrected chi connectivity index (χ0v) is 10.4. The van der Waals surface area contributed by atoms with Gasteiger partial charge in [-0.05, 0) is 6.42 Å². The topological polar surface area (TPSA) is 32.8 Å². The van der Waals surface area contributed by atoms with Crippen LogP contribution in [0, 0.1) is 0 Å². The number of rotatable bonds is 5. The van der Waals surface area contributed by atoms with E-state index in [4.69, 9.17) is 0 Å². The summed E-state index contributed by atoms with van der Waals surface area (Å²) in [6.45, 7) is 3.92. The third kappa shape index (κ3) is 4.55. The summed E-state index contributed by atoms with van der Waals surface area (Å²) in [5, 5.41) is 0. The maximum atomic E-state index is 12.4. The van der Waals surface area contributed by atoms with Gasteiger partial charge in [-0.2, -0.15) is 0 Å². The molecule has 1 rings (SSSR count). The molecule has 4 nitrogen and oxygen atoms in total. The van der Waals surface area contributed by atoms with E-state index in [0.29, 0.717) is 19.6 Å². The summed E-state index contributed by atoms with van der Waals surface area (Å²) >= 11 is 0. The Kier molecular flexibility index (Phi) is 5.77. The molecule has 1 fully saturated rings. The van der Waals surface area contributed by atoms with Crippen molar-refractivity contribution in [3.63, 3.8) is 0 Å². The summed E-state index contributed by atoms with van der Waals surface area (Å²) in [5.41, 5.74) is 0. The summed E-state index contributed by atoms with van der Waals surface area (Å²) in [5.74, 6) is -0.276. The molecule has 1 atom stereocenters. The van der Waals surface area contributed by atoms with Crippen LogP contribution in [0.5, 0.6) is 0 Å². The first-order valence-electron chi connectivity index (χ1n) is 5.88.